The van der Waals surface area contributed by atoms with Gasteiger partial charge in [-0.05, 0) is 37.3 Å². The lowest BCUT2D eigenvalue weighted by atomic mass is 10.1. The molecule has 0 spiro atoms. The number of pyridine rings is 2. The van der Waals surface area contributed by atoms with Gasteiger partial charge in [-0.3, -0.25) is 9.78 Å². The van der Waals surface area contributed by atoms with Crippen LogP contribution >= 0.6 is 0 Å². The molecular weight excluding hydrogens is 348 g/mol. The van der Waals surface area contributed by atoms with E-state index < -0.39 is 0 Å². The summed E-state index contributed by atoms with van der Waals surface area (Å²) >= 11 is 0. The first kappa shape index (κ1) is 19.0. The molecule has 5 nitrogen and oxygen atoms in total. The lowest BCUT2D eigenvalue weighted by Gasteiger charge is -2.12. The molecule has 28 heavy (non-hydrogen) atoms. The molecule has 1 amide bonds. The van der Waals surface area contributed by atoms with Crippen LogP contribution in [0, 0.1) is 11.3 Å². The van der Waals surface area contributed by atoms with E-state index in [1.54, 1.807) is 6.07 Å². The molecule has 0 bridgehead atoms. The Kier molecular flexibility index (Phi) is 5.93. The van der Waals surface area contributed by atoms with Crippen LogP contribution in [-0.4, -0.2) is 15.9 Å². The van der Waals surface area contributed by atoms with Crippen LogP contribution in [-0.2, 0) is 4.79 Å². The number of hydrogen-bond donors (Lipinski definition) is 1. The highest BCUT2D eigenvalue weighted by molar-refractivity contribution is 5.79. The Bertz CT molecular complexity index is 1160. The average Bonchev–Trinajstić information content (AvgIpc) is 2.73. The molecule has 5 heteroatoms. The van der Waals surface area contributed by atoms with E-state index in [1.807, 2.05) is 79.7 Å². The van der Waals surface area contributed by atoms with Crippen LogP contribution in [0.15, 0.2) is 72.8 Å². The van der Waals surface area contributed by atoms with Gasteiger partial charge in [0.05, 0.1) is 22.8 Å². The maximum absolute atomic E-state index is 11.0. The number of para-hydroxylation sites is 2. The molecule has 0 fully saturated rings. The quantitative estimate of drug-likeness (QED) is 0.563. The maximum Gasteiger partial charge on any atom is 0.217 e. The molecule has 2 aromatic heterocycles. The molecule has 0 aliphatic carbocycles. The molecule has 4 aromatic rings. The van der Waals surface area contributed by atoms with Crippen LogP contribution in [0.3, 0.4) is 0 Å². The monoisotopic (exact) mass is 368 g/mol. The zero-order chi connectivity index (χ0) is 19.9. The number of hydrogen-bond acceptors (Lipinski definition) is 4. The smallest absolute Gasteiger partial charge is 0.217 e. The summed E-state index contributed by atoms with van der Waals surface area (Å²) in [6.45, 7) is 3.44. The molecule has 0 radical (unpaired) electrons. The van der Waals surface area contributed by atoms with Gasteiger partial charge in [0.2, 0.25) is 5.91 Å². The number of aromatic nitrogens is 2. The number of nitrogens with one attached hydrogen (secondary N) is 1. The van der Waals surface area contributed by atoms with Crippen molar-refractivity contribution in [3.63, 3.8) is 0 Å². The molecule has 1 unspecified atom stereocenters. The Balaban J connectivity index is 0.000000167. The van der Waals surface area contributed by atoms with Crippen molar-refractivity contribution in [3.05, 3.63) is 84.2 Å². The lowest BCUT2D eigenvalue weighted by molar-refractivity contribution is -0.119. The van der Waals surface area contributed by atoms with E-state index in [1.165, 1.54) is 6.92 Å². The first-order chi connectivity index (χ1) is 13.6. The van der Waals surface area contributed by atoms with Gasteiger partial charge in [-0.15, -0.1) is 0 Å². The molecule has 0 saturated carbocycles. The third-order valence-corrected chi connectivity index (χ3v) is 4.20. The molecule has 0 aliphatic heterocycles. The highest BCUT2D eigenvalue weighted by Crippen LogP contribution is 2.16. The molecule has 1 N–H and O–H groups in total. The predicted octanol–water partition coefficient (Wildman–Crippen LogP) is 4.54. The minimum Gasteiger partial charge on any atom is -0.348 e. The molecule has 138 valence electrons. The molecular formula is C23H20N4O. The van der Waals surface area contributed by atoms with Crippen molar-refractivity contribution in [2.45, 2.75) is 19.9 Å². The summed E-state index contributed by atoms with van der Waals surface area (Å²) in [6.07, 6.45) is 0. The third-order valence-electron chi connectivity index (χ3n) is 4.20. The summed E-state index contributed by atoms with van der Waals surface area (Å²) < 4.78 is 0. The summed E-state index contributed by atoms with van der Waals surface area (Å²) in [5, 5.41) is 13.6. The van der Waals surface area contributed by atoms with E-state index in [4.69, 9.17) is 5.26 Å². The summed E-state index contributed by atoms with van der Waals surface area (Å²) in [5.41, 5.74) is 3.18. The highest BCUT2D eigenvalue weighted by atomic mass is 16.1. The first-order valence-electron chi connectivity index (χ1n) is 8.95. The predicted molar refractivity (Wildman–Crippen MR) is 110 cm³/mol. The van der Waals surface area contributed by atoms with Crippen molar-refractivity contribution in [3.8, 4) is 6.07 Å². The van der Waals surface area contributed by atoms with Crippen LogP contribution in [0.2, 0.25) is 0 Å². The van der Waals surface area contributed by atoms with Crippen molar-refractivity contribution < 1.29 is 4.79 Å². The topological polar surface area (TPSA) is 78.7 Å². The average molecular weight is 368 g/mol. The molecule has 0 aliphatic rings. The third kappa shape index (κ3) is 4.68. The second kappa shape index (κ2) is 8.74. The van der Waals surface area contributed by atoms with Gasteiger partial charge in [-0.25, -0.2) is 4.98 Å². The van der Waals surface area contributed by atoms with Gasteiger partial charge in [0, 0.05) is 17.7 Å². The second-order valence-corrected chi connectivity index (χ2v) is 6.35. The fourth-order valence-corrected chi connectivity index (χ4v) is 2.83. The van der Waals surface area contributed by atoms with E-state index in [2.05, 4.69) is 15.3 Å². The Hall–Kier alpha value is -3.78. The number of nitrogens with zero attached hydrogens (tertiary/aromatic N) is 3. The minimum absolute atomic E-state index is 0.0394. The summed E-state index contributed by atoms with van der Waals surface area (Å²) in [7, 11) is 0. The van der Waals surface area contributed by atoms with Gasteiger partial charge in [-0.2, -0.15) is 5.26 Å². The van der Waals surface area contributed by atoms with Crippen molar-refractivity contribution in [2.75, 3.05) is 0 Å². The van der Waals surface area contributed by atoms with E-state index in [0.29, 0.717) is 5.69 Å². The van der Waals surface area contributed by atoms with Crippen molar-refractivity contribution in [2.24, 2.45) is 0 Å². The number of rotatable bonds is 2. The highest BCUT2D eigenvalue weighted by Gasteiger charge is 2.08. The Labute approximate surface area is 163 Å². The maximum atomic E-state index is 11.0. The van der Waals surface area contributed by atoms with Crippen LogP contribution in [0.4, 0.5) is 0 Å². The molecule has 2 heterocycles. The number of nitriles is 1. The number of carbonyl (C=O) groups is 1. The molecule has 4 rings (SSSR count). The molecule has 2 aromatic carbocycles. The zero-order valence-corrected chi connectivity index (χ0v) is 15.8. The Morgan fingerprint density at radius 2 is 1.46 bits per heavy atom. The number of benzene rings is 2. The van der Waals surface area contributed by atoms with E-state index in [-0.39, 0.29) is 11.9 Å². The fourth-order valence-electron chi connectivity index (χ4n) is 2.83. The Morgan fingerprint density at radius 3 is 2.07 bits per heavy atom. The SMILES string of the molecule is CC(=O)NC(C)c1ccc2ccccc2n1.N#Cc1ccc2ccccc2n1. The standard InChI is InChI=1S/C13H14N2O.C10H6N2/c1-9(14-10(2)16)12-8-7-11-5-3-4-6-13(11)15-12;11-7-9-6-5-8-3-1-2-4-10(8)12-9/h3-9H,1-2H3,(H,14,16);1-6H. The lowest BCUT2D eigenvalue weighted by Crippen LogP contribution is -2.24. The second-order valence-electron chi connectivity index (χ2n) is 6.35. The normalized spacial score (nSPS) is 11.2. The van der Waals surface area contributed by atoms with Crippen molar-refractivity contribution in [1.29, 1.82) is 5.26 Å². The van der Waals surface area contributed by atoms with Crippen LogP contribution in [0.25, 0.3) is 21.8 Å². The van der Waals surface area contributed by atoms with Crippen molar-refractivity contribution in [1.82, 2.24) is 15.3 Å². The van der Waals surface area contributed by atoms with Gasteiger partial charge >= 0.3 is 0 Å². The van der Waals surface area contributed by atoms with Gasteiger partial charge < -0.3 is 5.32 Å². The van der Waals surface area contributed by atoms with Crippen LogP contribution < -0.4 is 5.32 Å². The zero-order valence-electron chi connectivity index (χ0n) is 15.8. The summed E-state index contributed by atoms with van der Waals surface area (Å²) in [6, 6.07) is 25.2. The Morgan fingerprint density at radius 1 is 0.893 bits per heavy atom. The van der Waals surface area contributed by atoms with Gasteiger partial charge in [0.15, 0.2) is 0 Å². The number of carbonyl (C=O) groups excluding carboxylic acids is 1. The first-order valence-corrected chi connectivity index (χ1v) is 8.95. The summed E-state index contributed by atoms with van der Waals surface area (Å²) in [4.78, 5) is 19.6. The van der Waals surface area contributed by atoms with E-state index in [9.17, 15) is 4.79 Å². The van der Waals surface area contributed by atoms with E-state index in [0.717, 1.165) is 27.5 Å². The number of fused-ring (bicyclic) bond motifs is 2. The molecule has 0 saturated heterocycles. The van der Waals surface area contributed by atoms with Gasteiger partial charge in [-0.1, -0.05) is 42.5 Å². The fraction of sp³-hybridized carbons (Fsp3) is 0.130. The van der Waals surface area contributed by atoms with Gasteiger partial charge in [0.25, 0.3) is 0 Å². The van der Waals surface area contributed by atoms with E-state index >= 15 is 0 Å². The minimum atomic E-state index is -0.0536. The van der Waals surface area contributed by atoms with Crippen molar-refractivity contribution >= 4 is 27.7 Å². The van der Waals surface area contributed by atoms with Gasteiger partial charge in [0.1, 0.15) is 11.8 Å². The van der Waals surface area contributed by atoms with Crippen LogP contribution in [0.5, 0.6) is 0 Å². The summed E-state index contributed by atoms with van der Waals surface area (Å²) in [5.74, 6) is -0.0394. The van der Waals surface area contributed by atoms with Crippen LogP contribution in [0.1, 0.15) is 31.3 Å². The largest absolute Gasteiger partial charge is 0.348 e. The number of amides is 1. The molecule has 1 atom stereocenters.